The second-order valence-corrected chi connectivity index (χ2v) is 9.78. The predicted octanol–water partition coefficient (Wildman–Crippen LogP) is 5.51. The minimum Gasteiger partial charge on any atom is -0.506 e. The first-order valence-corrected chi connectivity index (χ1v) is 13.8. The average Bonchev–Trinajstić information content (AvgIpc) is 2.98. The fraction of sp³-hybridized carbons (Fsp3) is 0.226. The van der Waals surface area contributed by atoms with E-state index in [1.807, 2.05) is 6.07 Å². The van der Waals surface area contributed by atoms with Gasteiger partial charge in [-0.3, -0.25) is 14.4 Å². The molecule has 0 radical (unpaired) electrons. The van der Waals surface area contributed by atoms with Crippen LogP contribution in [0.1, 0.15) is 41.0 Å². The molecule has 2 aromatic heterocycles. The number of amides is 2. The van der Waals surface area contributed by atoms with Gasteiger partial charge >= 0.3 is 0 Å². The van der Waals surface area contributed by atoms with Gasteiger partial charge in [0.25, 0.3) is 17.4 Å². The lowest BCUT2D eigenvalue weighted by molar-refractivity contribution is 0.102. The first-order valence-electron chi connectivity index (χ1n) is 13.4. The number of phenols is 1. The van der Waals surface area contributed by atoms with Crippen LogP contribution in [-0.2, 0) is 6.54 Å². The number of nitrogens with one attached hydrogen (secondary N) is 2. The number of para-hydroxylation sites is 1. The van der Waals surface area contributed by atoms with Crippen molar-refractivity contribution in [1.29, 1.82) is 0 Å². The largest absolute Gasteiger partial charge is 0.506 e. The van der Waals surface area contributed by atoms with Crippen molar-refractivity contribution in [3.8, 4) is 16.9 Å². The lowest BCUT2D eigenvalue weighted by Gasteiger charge is -2.18. The number of carbonyl (C=O) groups excluding carboxylic acids is 2. The molecule has 0 aliphatic carbocycles. The maximum absolute atomic E-state index is 13.1. The molecule has 4 rings (SSSR count). The summed E-state index contributed by atoms with van der Waals surface area (Å²) in [6.45, 7) is 7.74. The van der Waals surface area contributed by atoms with Gasteiger partial charge in [-0.1, -0.05) is 43.6 Å². The zero-order valence-corrected chi connectivity index (χ0v) is 23.7. The van der Waals surface area contributed by atoms with Crippen molar-refractivity contribution in [2.75, 3.05) is 30.3 Å². The van der Waals surface area contributed by atoms with Crippen LogP contribution in [0.25, 0.3) is 11.1 Å². The third-order valence-corrected chi connectivity index (χ3v) is 6.96. The fourth-order valence-corrected chi connectivity index (χ4v) is 4.53. The van der Waals surface area contributed by atoms with Crippen LogP contribution in [0.3, 0.4) is 0 Å². The van der Waals surface area contributed by atoms with E-state index >= 15 is 0 Å². The molecule has 41 heavy (non-hydrogen) atoms. The average molecular weight is 574 g/mol. The second kappa shape index (κ2) is 13.7. The van der Waals surface area contributed by atoms with Gasteiger partial charge in [0.1, 0.15) is 11.6 Å². The van der Waals surface area contributed by atoms with Crippen LogP contribution >= 0.6 is 11.6 Å². The summed E-state index contributed by atoms with van der Waals surface area (Å²) in [5.41, 5.74) is 1.43. The van der Waals surface area contributed by atoms with Gasteiger partial charge in [0.15, 0.2) is 0 Å². The molecule has 9 nitrogen and oxygen atoms in total. The highest BCUT2D eigenvalue weighted by Gasteiger charge is 2.19. The molecule has 0 spiro atoms. The molecule has 0 bridgehead atoms. The minimum atomic E-state index is -0.571. The van der Waals surface area contributed by atoms with Gasteiger partial charge in [-0.2, -0.15) is 0 Å². The van der Waals surface area contributed by atoms with E-state index in [4.69, 9.17) is 11.6 Å². The predicted molar refractivity (Wildman–Crippen MR) is 162 cm³/mol. The van der Waals surface area contributed by atoms with Crippen molar-refractivity contribution in [2.45, 2.75) is 26.8 Å². The van der Waals surface area contributed by atoms with Crippen molar-refractivity contribution in [3.05, 3.63) is 106 Å². The van der Waals surface area contributed by atoms with E-state index in [9.17, 15) is 19.5 Å². The summed E-state index contributed by atoms with van der Waals surface area (Å²) in [6.07, 6.45) is 4.05. The summed E-state index contributed by atoms with van der Waals surface area (Å²) in [5, 5.41) is 16.1. The molecule has 2 amide bonds. The highest BCUT2D eigenvalue weighted by molar-refractivity contribution is 6.30. The van der Waals surface area contributed by atoms with Crippen molar-refractivity contribution in [2.24, 2.45) is 0 Å². The number of anilines is 2. The van der Waals surface area contributed by atoms with Gasteiger partial charge < -0.3 is 25.2 Å². The van der Waals surface area contributed by atoms with Gasteiger partial charge in [-0.15, -0.1) is 0 Å². The number of halogens is 1. The van der Waals surface area contributed by atoms with Gasteiger partial charge in [-0.25, -0.2) is 4.98 Å². The summed E-state index contributed by atoms with van der Waals surface area (Å²) in [5.74, 6) is -1.10. The molecule has 0 unspecified atom stereocenters. The Morgan fingerprint density at radius 3 is 2.39 bits per heavy atom. The summed E-state index contributed by atoms with van der Waals surface area (Å²) in [7, 11) is 0. The molecule has 0 atom stereocenters. The summed E-state index contributed by atoms with van der Waals surface area (Å²) in [4.78, 5) is 45.5. The van der Waals surface area contributed by atoms with Crippen molar-refractivity contribution in [3.63, 3.8) is 0 Å². The summed E-state index contributed by atoms with van der Waals surface area (Å²) >= 11 is 5.85. The molecule has 3 N–H and O–H groups in total. The lowest BCUT2D eigenvalue weighted by Crippen LogP contribution is -2.27. The minimum absolute atomic E-state index is 0.0382. The Kier molecular flexibility index (Phi) is 9.89. The number of rotatable bonds is 11. The summed E-state index contributed by atoms with van der Waals surface area (Å²) < 4.78 is 1.71. The standard InChI is InChI=1S/C31H32ClN5O4/c1-3-36(4-2)17-7-19-37-18-6-9-24(31(37)41)21-11-13-22(14-12-21)29(39)35-28-25(8-5-10-26(28)38)30(40)34-27-16-15-23(32)20-33-27/h5-6,8-16,18,20,38H,3-4,7,17,19H2,1-2H3,(H,35,39)(H,33,34,40). The zero-order chi connectivity index (χ0) is 29.4. The highest BCUT2D eigenvalue weighted by Crippen LogP contribution is 2.29. The number of aromatic nitrogens is 2. The van der Waals surface area contributed by atoms with Gasteiger partial charge in [0.2, 0.25) is 0 Å². The highest BCUT2D eigenvalue weighted by atomic mass is 35.5. The Bertz CT molecular complexity index is 1570. The Labute approximate surface area is 243 Å². The summed E-state index contributed by atoms with van der Waals surface area (Å²) in [6, 6.07) is 17.7. The fourth-order valence-electron chi connectivity index (χ4n) is 4.42. The van der Waals surface area contributed by atoms with E-state index in [1.165, 1.54) is 30.5 Å². The SMILES string of the molecule is CCN(CC)CCCn1cccc(-c2ccc(C(=O)Nc3c(O)cccc3C(=O)Nc3ccc(Cl)cn3)cc2)c1=O. The van der Waals surface area contributed by atoms with Crippen LogP contribution in [0.2, 0.25) is 5.02 Å². The molecular formula is C31H32ClN5O4. The van der Waals surface area contributed by atoms with Crippen molar-refractivity contribution >= 4 is 34.9 Å². The first kappa shape index (κ1) is 29.5. The number of carbonyl (C=O) groups is 2. The maximum atomic E-state index is 13.1. The number of hydrogen-bond donors (Lipinski definition) is 3. The second-order valence-electron chi connectivity index (χ2n) is 9.35. The maximum Gasteiger partial charge on any atom is 0.259 e. The molecule has 0 aliphatic heterocycles. The lowest BCUT2D eigenvalue weighted by atomic mass is 10.0. The molecule has 0 saturated heterocycles. The monoisotopic (exact) mass is 573 g/mol. The van der Waals surface area contributed by atoms with E-state index in [2.05, 4.69) is 34.4 Å². The molecule has 0 aliphatic rings. The van der Waals surface area contributed by atoms with Gasteiger partial charge in [0.05, 0.1) is 16.3 Å². The molecule has 0 saturated carbocycles. The smallest absolute Gasteiger partial charge is 0.259 e. The Balaban J connectivity index is 1.48. The Morgan fingerprint density at radius 1 is 0.951 bits per heavy atom. The molecule has 0 fully saturated rings. The van der Waals surface area contributed by atoms with Gasteiger partial charge in [0, 0.05) is 30.1 Å². The quantitative estimate of drug-likeness (QED) is 0.204. The topological polar surface area (TPSA) is 117 Å². The van der Waals surface area contributed by atoms with Crippen LogP contribution in [0.4, 0.5) is 11.5 Å². The van der Waals surface area contributed by atoms with Crippen molar-refractivity contribution < 1.29 is 14.7 Å². The molecular weight excluding hydrogens is 542 g/mol. The molecule has 10 heteroatoms. The number of hydrogen-bond acceptors (Lipinski definition) is 6. The Morgan fingerprint density at radius 2 is 1.71 bits per heavy atom. The van der Waals surface area contributed by atoms with E-state index in [-0.39, 0.29) is 28.4 Å². The van der Waals surface area contributed by atoms with Crippen LogP contribution < -0.4 is 16.2 Å². The van der Waals surface area contributed by atoms with Crippen molar-refractivity contribution in [1.82, 2.24) is 14.5 Å². The number of aromatic hydroxyl groups is 1. The molecule has 4 aromatic rings. The normalized spacial score (nSPS) is 10.9. The van der Waals surface area contributed by atoms with E-state index in [1.54, 1.807) is 47.2 Å². The van der Waals surface area contributed by atoms with Crippen LogP contribution in [0, 0.1) is 0 Å². The number of nitrogens with zero attached hydrogens (tertiary/aromatic N) is 3. The third kappa shape index (κ3) is 7.39. The molecule has 2 heterocycles. The third-order valence-electron chi connectivity index (χ3n) is 6.74. The van der Waals surface area contributed by atoms with Crippen LogP contribution in [0.15, 0.2) is 83.9 Å². The first-order chi connectivity index (χ1) is 19.8. The molecule has 212 valence electrons. The van der Waals surface area contributed by atoms with E-state index < -0.39 is 11.8 Å². The Hall–Kier alpha value is -4.47. The van der Waals surface area contributed by atoms with Gasteiger partial charge in [-0.05, 0) is 80.1 Å². The van der Waals surface area contributed by atoms with Crippen LogP contribution in [0.5, 0.6) is 5.75 Å². The number of benzene rings is 2. The number of aryl methyl sites for hydroxylation is 1. The number of pyridine rings is 2. The van der Waals surface area contributed by atoms with Crippen LogP contribution in [-0.4, -0.2) is 51.0 Å². The zero-order valence-electron chi connectivity index (χ0n) is 22.9. The van der Waals surface area contributed by atoms with E-state index in [0.717, 1.165) is 26.1 Å². The molecule has 2 aromatic carbocycles. The number of phenolic OH excluding ortho intramolecular Hbond substituents is 1. The van der Waals surface area contributed by atoms with E-state index in [0.29, 0.717) is 28.3 Å².